The summed E-state index contributed by atoms with van der Waals surface area (Å²) in [6.45, 7) is 2.46. The highest BCUT2D eigenvalue weighted by molar-refractivity contribution is 6.30. The van der Waals surface area contributed by atoms with Gasteiger partial charge in [0.05, 0.1) is 11.2 Å². The van der Waals surface area contributed by atoms with Crippen LogP contribution in [0.3, 0.4) is 0 Å². The molecule has 0 saturated carbocycles. The van der Waals surface area contributed by atoms with Crippen LogP contribution in [0.15, 0.2) is 17.2 Å². The summed E-state index contributed by atoms with van der Waals surface area (Å²) in [5.74, 6) is 0. The highest BCUT2D eigenvalue weighted by Crippen LogP contribution is 2.00. The Labute approximate surface area is 63.3 Å². The van der Waals surface area contributed by atoms with Gasteiger partial charge in [-0.05, 0) is 6.92 Å². The SMILES string of the molecule is CCn1cc(Cl)cnc1=O. The van der Waals surface area contributed by atoms with Crippen LogP contribution < -0.4 is 5.69 Å². The lowest BCUT2D eigenvalue weighted by molar-refractivity contribution is 0.699. The highest BCUT2D eigenvalue weighted by atomic mass is 35.5. The minimum absolute atomic E-state index is 0.257. The van der Waals surface area contributed by atoms with Crippen molar-refractivity contribution < 1.29 is 0 Å². The first kappa shape index (κ1) is 7.28. The van der Waals surface area contributed by atoms with Gasteiger partial charge < -0.3 is 0 Å². The summed E-state index contributed by atoms with van der Waals surface area (Å²) in [6.07, 6.45) is 2.91. The van der Waals surface area contributed by atoms with Gasteiger partial charge in [-0.3, -0.25) is 4.57 Å². The fourth-order valence-electron chi connectivity index (χ4n) is 0.655. The lowest BCUT2D eigenvalue weighted by Gasteiger charge is -1.97. The molecule has 0 unspecified atom stereocenters. The van der Waals surface area contributed by atoms with Gasteiger partial charge >= 0.3 is 5.69 Å². The first-order valence-electron chi connectivity index (χ1n) is 2.96. The van der Waals surface area contributed by atoms with Crippen molar-refractivity contribution in [2.75, 3.05) is 0 Å². The third-order valence-corrected chi connectivity index (χ3v) is 1.36. The second kappa shape index (κ2) is 2.84. The Balaban J connectivity index is 3.22. The van der Waals surface area contributed by atoms with Crippen LogP contribution in [-0.4, -0.2) is 9.55 Å². The molecule has 0 bridgehead atoms. The van der Waals surface area contributed by atoms with Crippen molar-refractivity contribution in [1.82, 2.24) is 9.55 Å². The van der Waals surface area contributed by atoms with E-state index in [0.29, 0.717) is 11.6 Å². The monoisotopic (exact) mass is 158 g/mol. The standard InChI is InChI=1S/C6H7ClN2O/c1-2-9-4-5(7)3-8-6(9)10/h3-4H,2H2,1H3. The van der Waals surface area contributed by atoms with Crippen LogP contribution in [-0.2, 0) is 6.54 Å². The zero-order valence-corrected chi connectivity index (χ0v) is 6.30. The van der Waals surface area contributed by atoms with E-state index >= 15 is 0 Å². The summed E-state index contributed by atoms with van der Waals surface area (Å²) in [5.41, 5.74) is -0.257. The van der Waals surface area contributed by atoms with Crippen LogP contribution in [0.4, 0.5) is 0 Å². The highest BCUT2D eigenvalue weighted by Gasteiger charge is 1.93. The zero-order valence-electron chi connectivity index (χ0n) is 5.54. The summed E-state index contributed by atoms with van der Waals surface area (Å²) in [4.78, 5) is 14.3. The van der Waals surface area contributed by atoms with E-state index < -0.39 is 0 Å². The molecule has 0 atom stereocenters. The molecule has 0 aromatic carbocycles. The fraction of sp³-hybridized carbons (Fsp3) is 0.333. The molecule has 1 aromatic heterocycles. The predicted molar refractivity (Wildman–Crippen MR) is 39.2 cm³/mol. The number of aromatic nitrogens is 2. The Morgan fingerprint density at radius 1 is 1.80 bits per heavy atom. The smallest absolute Gasteiger partial charge is 0.298 e. The topological polar surface area (TPSA) is 34.9 Å². The second-order valence-corrected chi connectivity index (χ2v) is 2.28. The molecule has 1 heterocycles. The molecule has 0 aliphatic heterocycles. The van der Waals surface area contributed by atoms with Gasteiger partial charge in [0.2, 0.25) is 0 Å². The number of rotatable bonds is 1. The molecule has 10 heavy (non-hydrogen) atoms. The van der Waals surface area contributed by atoms with Gasteiger partial charge in [0, 0.05) is 12.7 Å². The molecular weight excluding hydrogens is 152 g/mol. The molecular formula is C6H7ClN2O. The minimum Gasteiger partial charge on any atom is -0.298 e. The Kier molecular flexibility index (Phi) is 2.06. The molecule has 1 aromatic rings. The van der Waals surface area contributed by atoms with E-state index in [1.54, 1.807) is 6.20 Å². The molecule has 0 fully saturated rings. The van der Waals surface area contributed by atoms with Crippen molar-refractivity contribution in [3.63, 3.8) is 0 Å². The normalized spacial score (nSPS) is 9.80. The van der Waals surface area contributed by atoms with E-state index in [-0.39, 0.29) is 5.69 Å². The molecule has 54 valence electrons. The molecule has 0 radical (unpaired) electrons. The molecule has 0 saturated heterocycles. The fourth-order valence-corrected chi connectivity index (χ4v) is 0.822. The molecule has 0 aliphatic rings. The maximum atomic E-state index is 10.8. The molecule has 0 spiro atoms. The minimum atomic E-state index is -0.257. The van der Waals surface area contributed by atoms with Gasteiger partial charge in [-0.2, -0.15) is 0 Å². The zero-order chi connectivity index (χ0) is 7.56. The Morgan fingerprint density at radius 3 is 3.00 bits per heavy atom. The van der Waals surface area contributed by atoms with Crippen molar-refractivity contribution >= 4 is 11.6 Å². The molecule has 0 N–H and O–H groups in total. The average Bonchev–Trinajstić information content (AvgIpc) is 1.94. The molecule has 1 rings (SSSR count). The number of halogens is 1. The quantitative estimate of drug-likeness (QED) is 0.609. The van der Waals surface area contributed by atoms with E-state index in [4.69, 9.17) is 11.6 Å². The number of hydrogen-bond donors (Lipinski definition) is 0. The summed E-state index contributed by atoms with van der Waals surface area (Å²) >= 11 is 5.57. The summed E-state index contributed by atoms with van der Waals surface area (Å²) < 4.78 is 1.45. The predicted octanol–water partition coefficient (Wildman–Crippen LogP) is 0.917. The van der Waals surface area contributed by atoms with Crippen LogP contribution in [0.2, 0.25) is 5.02 Å². The summed E-state index contributed by atoms with van der Waals surface area (Å²) in [7, 11) is 0. The van der Waals surface area contributed by atoms with Crippen molar-refractivity contribution in [3.8, 4) is 0 Å². The van der Waals surface area contributed by atoms with Gasteiger partial charge in [-0.25, -0.2) is 9.78 Å². The van der Waals surface area contributed by atoms with E-state index in [2.05, 4.69) is 4.98 Å². The molecule has 4 heteroatoms. The maximum Gasteiger partial charge on any atom is 0.347 e. The molecule has 3 nitrogen and oxygen atoms in total. The van der Waals surface area contributed by atoms with Gasteiger partial charge in [0.1, 0.15) is 0 Å². The first-order valence-corrected chi connectivity index (χ1v) is 3.34. The van der Waals surface area contributed by atoms with E-state index in [9.17, 15) is 4.79 Å². The second-order valence-electron chi connectivity index (χ2n) is 1.84. The Bertz CT molecular complexity index is 281. The first-order chi connectivity index (χ1) is 4.74. The van der Waals surface area contributed by atoms with E-state index in [0.717, 1.165) is 0 Å². The van der Waals surface area contributed by atoms with Crippen LogP contribution in [0.5, 0.6) is 0 Å². The summed E-state index contributed by atoms with van der Waals surface area (Å²) in [5, 5.41) is 0.487. The van der Waals surface area contributed by atoms with Crippen molar-refractivity contribution in [3.05, 3.63) is 27.9 Å². The van der Waals surface area contributed by atoms with Gasteiger partial charge in [0.15, 0.2) is 0 Å². The third kappa shape index (κ3) is 1.36. The largest absolute Gasteiger partial charge is 0.347 e. The third-order valence-electron chi connectivity index (χ3n) is 1.16. The molecule has 0 aliphatic carbocycles. The maximum absolute atomic E-state index is 10.8. The van der Waals surface area contributed by atoms with Crippen molar-refractivity contribution in [2.45, 2.75) is 13.5 Å². The molecule has 0 amide bonds. The van der Waals surface area contributed by atoms with Crippen LogP contribution >= 0.6 is 11.6 Å². The van der Waals surface area contributed by atoms with Crippen LogP contribution in [0.1, 0.15) is 6.92 Å². The van der Waals surface area contributed by atoms with Crippen LogP contribution in [0.25, 0.3) is 0 Å². The number of aryl methyl sites for hydroxylation is 1. The van der Waals surface area contributed by atoms with Crippen molar-refractivity contribution in [1.29, 1.82) is 0 Å². The van der Waals surface area contributed by atoms with Gasteiger partial charge in [-0.1, -0.05) is 11.6 Å². The number of nitrogens with zero attached hydrogens (tertiary/aromatic N) is 2. The van der Waals surface area contributed by atoms with Gasteiger partial charge in [-0.15, -0.1) is 0 Å². The van der Waals surface area contributed by atoms with E-state index in [1.807, 2.05) is 6.92 Å². The van der Waals surface area contributed by atoms with Gasteiger partial charge in [0.25, 0.3) is 0 Å². The summed E-state index contributed by atoms with van der Waals surface area (Å²) in [6, 6.07) is 0. The Morgan fingerprint density at radius 2 is 2.50 bits per heavy atom. The average molecular weight is 159 g/mol. The lowest BCUT2D eigenvalue weighted by atomic mass is 10.6. The van der Waals surface area contributed by atoms with E-state index in [1.165, 1.54) is 10.8 Å². The van der Waals surface area contributed by atoms with Crippen molar-refractivity contribution in [2.24, 2.45) is 0 Å². The van der Waals surface area contributed by atoms with Crippen LogP contribution in [0, 0.1) is 0 Å². The Hall–Kier alpha value is -0.830. The lowest BCUT2D eigenvalue weighted by Crippen LogP contribution is -2.20. The number of hydrogen-bond acceptors (Lipinski definition) is 2.